The molecule has 0 aliphatic heterocycles. The minimum Gasteiger partial charge on any atom is -0.309 e. The van der Waals surface area contributed by atoms with Gasteiger partial charge >= 0.3 is 0 Å². The van der Waals surface area contributed by atoms with Gasteiger partial charge in [0, 0.05) is 11.8 Å². The summed E-state index contributed by atoms with van der Waals surface area (Å²) in [6.45, 7) is 7.33. The van der Waals surface area contributed by atoms with Crippen LogP contribution < -0.4 is 5.32 Å². The summed E-state index contributed by atoms with van der Waals surface area (Å²) in [7, 11) is 0. The van der Waals surface area contributed by atoms with E-state index >= 15 is 0 Å². The van der Waals surface area contributed by atoms with Crippen molar-refractivity contribution in [2.24, 2.45) is 0 Å². The summed E-state index contributed by atoms with van der Waals surface area (Å²) >= 11 is 1.89. The first-order valence-electron chi connectivity index (χ1n) is 6.26. The molecular formula is C14H22FNS. The number of halogens is 1. The van der Waals surface area contributed by atoms with E-state index in [0.29, 0.717) is 0 Å². The van der Waals surface area contributed by atoms with E-state index in [9.17, 15) is 4.39 Å². The van der Waals surface area contributed by atoms with Crippen LogP contribution in [-0.2, 0) is 0 Å². The lowest BCUT2D eigenvalue weighted by atomic mass is 10.0. The number of thioether (sulfide) groups is 1. The molecule has 1 aromatic carbocycles. The van der Waals surface area contributed by atoms with Crippen LogP contribution >= 0.6 is 11.8 Å². The Hall–Kier alpha value is -0.540. The molecule has 0 fully saturated rings. The molecule has 3 heteroatoms. The molecule has 0 spiro atoms. The first-order valence-corrected chi connectivity index (χ1v) is 7.41. The third kappa shape index (κ3) is 4.68. The molecule has 1 atom stereocenters. The molecule has 17 heavy (non-hydrogen) atoms. The van der Waals surface area contributed by atoms with Crippen molar-refractivity contribution < 1.29 is 4.39 Å². The highest BCUT2D eigenvalue weighted by Gasteiger charge is 2.13. The molecule has 0 aromatic heterocycles. The summed E-state index contributed by atoms with van der Waals surface area (Å²) in [4.78, 5) is 0. The Morgan fingerprint density at radius 3 is 2.76 bits per heavy atom. The number of rotatable bonds is 7. The van der Waals surface area contributed by atoms with Crippen LogP contribution in [0.2, 0.25) is 0 Å². The molecule has 0 radical (unpaired) electrons. The average Bonchev–Trinajstić information content (AvgIpc) is 2.33. The van der Waals surface area contributed by atoms with Crippen molar-refractivity contribution in [3.63, 3.8) is 0 Å². The van der Waals surface area contributed by atoms with E-state index in [1.165, 1.54) is 6.07 Å². The zero-order valence-electron chi connectivity index (χ0n) is 10.9. The van der Waals surface area contributed by atoms with E-state index in [1.807, 2.05) is 24.8 Å². The van der Waals surface area contributed by atoms with Gasteiger partial charge in [0.2, 0.25) is 0 Å². The average molecular weight is 255 g/mol. The number of aryl methyl sites for hydroxylation is 1. The summed E-state index contributed by atoms with van der Waals surface area (Å²) in [5, 5.41) is 3.50. The molecule has 1 N–H and O–H groups in total. The van der Waals surface area contributed by atoms with Gasteiger partial charge in [-0.3, -0.25) is 0 Å². The molecule has 0 saturated carbocycles. The Bertz CT molecular complexity index is 333. The normalized spacial score (nSPS) is 12.7. The fourth-order valence-corrected chi connectivity index (χ4v) is 2.57. The van der Waals surface area contributed by atoms with Crippen LogP contribution in [0.5, 0.6) is 0 Å². The summed E-state index contributed by atoms with van der Waals surface area (Å²) in [5.74, 6) is 1.95. The van der Waals surface area contributed by atoms with Gasteiger partial charge in [0.05, 0.1) is 0 Å². The Balaban J connectivity index is 2.82. The van der Waals surface area contributed by atoms with E-state index in [0.717, 1.165) is 35.6 Å². The van der Waals surface area contributed by atoms with E-state index < -0.39 is 0 Å². The topological polar surface area (TPSA) is 12.0 Å². The fourth-order valence-electron chi connectivity index (χ4n) is 1.80. The summed E-state index contributed by atoms with van der Waals surface area (Å²) in [5.41, 5.74) is 2.26. The predicted octanol–water partition coefficient (Wildman–Crippen LogP) is 3.93. The quantitative estimate of drug-likeness (QED) is 0.792. The van der Waals surface area contributed by atoms with Crippen molar-refractivity contribution >= 4 is 11.8 Å². The van der Waals surface area contributed by atoms with E-state index in [-0.39, 0.29) is 11.9 Å². The van der Waals surface area contributed by atoms with Crippen LogP contribution in [0.4, 0.5) is 4.39 Å². The summed E-state index contributed by atoms with van der Waals surface area (Å²) in [6, 6.07) is 5.32. The van der Waals surface area contributed by atoms with Crippen molar-refractivity contribution in [3.8, 4) is 0 Å². The number of hydrogen-bond acceptors (Lipinski definition) is 2. The highest BCUT2D eigenvalue weighted by atomic mass is 32.2. The second kappa shape index (κ2) is 7.72. The third-order valence-corrected chi connectivity index (χ3v) is 3.72. The van der Waals surface area contributed by atoms with Gasteiger partial charge < -0.3 is 5.32 Å². The second-order valence-corrected chi connectivity index (χ2v) is 5.49. The Morgan fingerprint density at radius 1 is 1.35 bits per heavy atom. The molecule has 96 valence electrons. The minimum absolute atomic E-state index is 0.143. The zero-order chi connectivity index (χ0) is 12.7. The second-order valence-electron chi connectivity index (χ2n) is 4.17. The highest BCUT2D eigenvalue weighted by Crippen LogP contribution is 2.22. The van der Waals surface area contributed by atoms with Gasteiger partial charge in [-0.15, -0.1) is 0 Å². The molecular weight excluding hydrogens is 233 g/mol. The van der Waals surface area contributed by atoms with E-state index in [2.05, 4.69) is 19.2 Å². The smallest absolute Gasteiger partial charge is 0.123 e. The number of hydrogen-bond donors (Lipinski definition) is 1. The first kappa shape index (κ1) is 14.5. The molecule has 0 aliphatic carbocycles. The number of benzene rings is 1. The van der Waals surface area contributed by atoms with Crippen LogP contribution in [0.15, 0.2) is 18.2 Å². The molecule has 0 bridgehead atoms. The molecule has 0 aliphatic rings. The maximum Gasteiger partial charge on any atom is 0.123 e. The van der Waals surface area contributed by atoms with Gasteiger partial charge in [-0.1, -0.05) is 19.9 Å². The van der Waals surface area contributed by atoms with Gasteiger partial charge in [0.1, 0.15) is 5.82 Å². The van der Waals surface area contributed by atoms with Gasteiger partial charge in [0.15, 0.2) is 0 Å². The van der Waals surface area contributed by atoms with E-state index in [1.54, 1.807) is 6.07 Å². The maximum absolute atomic E-state index is 13.3. The van der Waals surface area contributed by atoms with Crippen molar-refractivity contribution in [1.82, 2.24) is 5.32 Å². The third-order valence-electron chi connectivity index (χ3n) is 2.75. The van der Waals surface area contributed by atoms with Crippen LogP contribution in [0, 0.1) is 12.7 Å². The highest BCUT2D eigenvalue weighted by molar-refractivity contribution is 7.99. The lowest BCUT2D eigenvalue weighted by Gasteiger charge is -2.20. The van der Waals surface area contributed by atoms with Gasteiger partial charge in [0.25, 0.3) is 0 Å². The van der Waals surface area contributed by atoms with Crippen molar-refractivity contribution in [3.05, 3.63) is 35.1 Å². The monoisotopic (exact) mass is 255 g/mol. The van der Waals surface area contributed by atoms with Crippen LogP contribution in [-0.4, -0.2) is 18.1 Å². The van der Waals surface area contributed by atoms with Gasteiger partial charge in [-0.05, 0) is 48.9 Å². The Labute approximate surface area is 108 Å². The summed E-state index contributed by atoms with van der Waals surface area (Å²) in [6.07, 6.45) is 1.10. The van der Waals surface area contributed by atoms with Crippen molar-refractivity contribution in [1.29, 1.82) is 0 Å². The molecule has 0 amide bonds. The number of nitrogens with one attached hydrogen (secondary N) is 1. The van der Waals surface area contributed by atoms with Gasteiger partial charge in [-0.2, -0.15) is 11.8 Å². The predicted molar refractivity (Wildman–Crippen MR) is 75.2 cm³/mol. The molecule has 0 heterocycles. The minimum atomic E-state index is -0.143. The SMILES string of the molecule is CCCNC(CSCC)c1cc(F)ccc1C. The molecule has 1 aromatic rings. The van der Waals surface area contributed by atoms with Crippen molar-refractivity contribution in [2.75, 3.05) is 18.1 Å². The molecule has 1 unspecified atom stereocenters. The lowest BCUT2D eigenvalue weighted by Crippen LogP contribution is -2.25. The van der Waals surface area contributed by atoms with Crippen LogP contribution in [0.3, 0.4) is 0 Å². The standard InChI is InChI=1S/C14H22FNS/c1-4-8-16-14(10-17-5-2)13-9-12(15)7-6-11(13)3/h6-7,9,14,16H,4-5,8,10H2,1-3H3. The van der Waals surface area contributed by atoms with E-state index in [4.69, 9.17) is 0 Å². The van der Waals surface area contributed by atoms with Gasteiger partial charge in [-0.25, -0.2) is 4.39 Å². The largest absolute Gasteiger partial charge is 0.309 e. The Morgan fingerprint density at radius 2 is 2.12 bits per heavy atom. The lowest BCUT2D eigenvalue weighted by molar-refractivity contribution is 0.565. The molecule has 1 nitrogen and oxygen atoms in total. The summed E-state index contributed by atoms with van der Waals surface area (Å²) < 4.78 is 13.3. The maximum atomic E-state index is 13.3. The fraction of sp³-hybridized carbons (Fsp3) is 0.571. The zero-order valence-corrected chi connectivity index (χ0v) is 11.7. The van der Waals surface area contributed by atoms with Crippen LogP contribution in [0.1, 0.15) is 37.4 Å². The van der Waals surface area contributed by atoms with Crippen molar-refractivity contribution in [2.45, 2.75) is 33.2 Å². The Kier molecular flexibility index (Phi) is 6.60. The molecule has 1 rings (SSSR count). The molecule has 0 saturated heterocycles. The first-order chi connectivity index (χ1) is 8.19. The van der Waals surface area contributed by atoms with Crippen LogP contribution in [0.25, 0.3) is 0 Å².